The van der Waals surface area contributed by atoms with Crippen molar-refractivity contribution in [3.05, 3.63) is 63.2 Å². The molecule has 0 aliphatic carbocycles. The zero-order chi connectivity index (χ0) is 59.9. The van der Waals surface area contributed by atoms with Crippen molar-refractivity contribution in [1.29, 1.82) is 0 Å². The number of benzene rings is 1. The third-order valence-electron chi connectivity index (χ3n) is 18.3. The minimum absolute atomic E-state index is 0.777. The minimum atomic E-state index is -2.38. The van der Waals surface area contributed by atoms with Crippen LogP contribution in [0.3, 0.4) is 0 Å². The van der Waals surface area contributed by atoms with E-state index >= 15 is 0 Å². The van der Waals surface area contributed by atoms with Crippen molar-refractivity contribution in [2.45, 2.75) is 319 Å². The van der Waals surface area contributed by atoms with Crippen LogP contribution in [0.2, 0.25) is 14.8 Å². The van der Waals surface area contributed by atoms with Crippen LogP contribution < -0.4 is 2.89 Å². The van der Waals surface area contributed by atoms with E-state index in [1.54, 1.807) is 12.6 Å². The molecule has 0 radical (unpaired) electrons. The van der Waals surface area contributed by atoms with E-state index in [-0.39, 0.29) is 0 Å². The Labute approximate surface area is 549 Å². The summed E-state index contributed by atoms with van der Waals surface area (Å²) in [4.78, 5) is 29.2. The average Bonchev–Trinajstić information content (AvgIpc) is 2.10. The third-order valence-corrected chi connectivity index (χ3v) is 34.7. The van der Waals surface area contributed by atoms with Crippen LogP contribution in [0.5, 0.6) is 0 Å². The standard InChI is InChI=1S/C73H109N2S6.3CH3.Sn/c1-6-10-14-18-22-26-28-32-36-40-45-58(43-38-34-30-24-20-16-12-8-3)55-60-49-52-64(78-60)72-74-68-66(62-47-42-54-76-62)70-69(67(71(68)81-72)63-51-48-57(5)77-63)75-73(80-70)65-53-50-61(79-65)56-59(44-39-35-31-25-21-17-13-9-4)46-41-37-33-29-27-23-19-15-11-7-2;;;;/h42,47-53,58-59H,6-41,43-46,55-56H2,1-5H3;3*1H3;. The van der Waals surface area contributed by atoms with Crippen molar-refractivity contribution in [2.75, 3.05) is 0 Å². The summed E-state index contributed by atoms with van der Waals surface area (Å²) in [5, 5.41) is 2.37. The Morgan fingerprint density at radius 1 is 0.329 bits per heavy atom. The van der Waals surface area contributed by atoms with Gasteiger partial charge in [0.05, 0.1) is 0 Å². The summed E-state index contributed by atoms with van der Waals surface area (Å²) in [5.41, 5.74) is 5.01. The van der Waals surface area contributed by atoms with Crippen molar-refractivity contribution >= 4 is 110 Å². The number of aryl methyl sites for hydroxylation is 1. The normalized spacial score (nSPS) is 12.9. The molecule has 6 aromatic heterocycles. The maximum atomic E-state index is 5.84. The second kappa shape index (κ2) is 40.5. The fourth-order valence-corrected chi connectivity index (χ4v) is 25.1. The fraction of sp³-hybridized carbons (Fsp3) is 0.684. The first-order valence-electron chi connectivity index (χ1n) is 35.7. The van der Waals surface area contributed by atoms with Gasteiger partial charge in [0.2, 0.25) is 0 Å². The zero-order valence-electron chi connectivity index (χ0n) is 55.3. The summed E-state index contributed by atoms with van der Waals surface area (Å²) in [7, 11) is 0. The Bertz CT molecular complexity index is 2720. The van der Waals surface area contributed by atoms with Gasteiger partial charge in [-0.15, -0.1) is 0 Å². The second-order valence-electron chi connectivity index (χ2n) is 27.1. The molecule has 2 nitrogen and oxygen atoms in total. The van der Waals surface area contributed by atoms with Gasteiger partial charge in [0.25, 0.3) is 0 Å². The van der Waals surface area contributed by atoms with E-state index in [2.05, 4.69) is 109 Å². The molecule has 0 aliphatic rings. The molecule has 7 rings (SSSR count). The molecule has 0 fully saturated rings. The number of fused-ring (bicyclic) bond motifs is 2. The van der Waals surface area contributed by atoms with Gasteiger partial charge in [-0.05, 0) is 0 Å². The Kier molecular flexibility index (Phi) is 33.8. The Morgan fingerprint density at radius 3 is 0.941 bits per heavy atom. The van der Waals surface area contributed by atoms with Crippen LogP contribution in [0.15, 0.2) is 48.5 Å². The summed E-state index contributed by atoms with van der Waals surface area (Å²) >= 11 is 9.58. The van der Waals surface area contributed by atoms with Crippen molar-refractivity contribution in [3.63, 3.8) is 0 Å². The molecule has 0 N–H and O–H groups in total. The molecule has 0 bridgehead atoms. The molecule has 0 amide bonds. The number of unbranched alkanes of at least 4 members (excludes halogenated alkanes) is 32. The monoisotopic (exact) mass is 1370 g/mol. The molecule has 2 atom stereocenters. The molecule has 1 aromatic carbocycles. The van der Waals surface area contributed by atoms with Crippen LogP contribution in [-0.2, 0) is 12.8 Å². The van der Waals surface area contributed by atoms with Gasteiger partial charge >= 0.3 is 270 Å². The molecular formula is C76H118N2S6Sn. The Morgan fingerprint density at radius 2 is 0.635 bits per heavy atom. The number of rotatable bonds is 49. The van der Waals surface area contributed by atoms with E-state index < -0.39 is 18.4 Å². The number of thiazole rings is 2. The second-order valence-corrected chi connectivity index (χ2v) is 49.2. The maximum absolute atomic E-state index is 5.84. The third kappa shape index (κ3) is 24.3. The molecule has 85 heavy (non-hydrogen) atoms. The molecule has 9 heteroatoms. The van der Waals surface area contributed by atoms with Crippen molar-refractivity contribution < 1.29 is 0 Å². The van der Waals surface area contributed by atoms with Gasteiger partial charge in [0, 0.05) is 0 Å². The molecule has 0 spiro atoms. The predicted octanol–water partition coefficient (Wildman–Crippen LogP) is 28.7. The molecular weight excluding hydrogens is 1250 g/mol. The number of nitrogens with zero attached hydrogens (tertiary/aromatic N) is 2. The topological polar surface area (TPSA) is 25.8 Å². The van der Waals surface area contributed by atoms with Crippen LogP contribution >= 0.6 is 68.0 Å². The van der Waals surface area contributed by atoms with E-state index in [1.165, 1.54) is 336 Å². The van der Waals surface area contributed by atoms with Crippen LogP contribution in [0, 0.1) is 18.8 Å². The van der Waals surface area contributed by atoms with Gasteiger partial charge in [0.1, 0.15) is 0 Å². The van der Waals surface area contributed by atoms with Gasteiger partial charge in [-0.3, -0.25) is 0 Å². The van der Waals surface area contributed by atoms with Crippen LogP contribution in [-0.4, -0.2) is 28.3 Å². The van der Waals surface area contributed by atoms with E-state index in [4.69, 9.17) is 9.97 Å². The molecule has 2 unspecified atom stereocenters. The Hall–Kier alpha value is -1.40. The number of hydrogen-bond donors (Lipinski definition) is 0. The summed E-state index contributed by atoms with van der Waals surface area (Å²) in [5.74, 6) is 1.55. The van der Waals surface area contributed by atoms with E-state index in [0.29, 0.717) is 0 Å². The predicted molar refractivity (Wildman–Crippen MR) is 396 cm³/mol. The molecule has 472 valence electrons. The van der Waals surface area contributed by atoms with Crippen molar-refractivity contribution in [3.8, 4) is 40.7 Å². The summed E-state index contributed by atoms with van der Waals surface area (Å²) < 4.78 is 4.27. The van der Waals surface area contributed by atoms with E-state index in [1.807, 2.05) is 56.7 Å². The average molecular weight is 1370 g/mol. The first-order valence-corrected chi connectivity index (χ1v) is 50.6. The summed E-state index contributed by atoms with van der Waals surface area (Å²) in [6, 6.07) is 19.5. The molecule has 0 saturated carbocycles. The number of thiophene rings is 4. The van der Waals surface area contributed by atoms with Gasteiger partial charge in [-0.25, -0.2) is 0 Å². The first kappa shape index (κ1) is 71.0. The SMILES string of the molecule is CCCCCCCCCCCCC(CCCCCCCCCC)Cc1ccc(-c2nc3c(-c4cc[c]([Sn]([CH3])([CH3])[CH3])s4)c4sc(-c5ccc(CC(CCCCCCCCCC)CCCCCCCCCCCC)s5)nc4c(-c4ccc(C)s4)c3s2)s1. The van der Waals surface area contributed by atoms with Crippen molar-refractivity contribution in [1.82, 2.24) is 9.97 Å². The summed E-state index contributed by atoms with van der Waals surface area (Å²) in [6.45, 7) is 11.6. The van der Waals surface area contributed by atoms with Gasteiger partial charge in [0.15, 0.2) is 0 Å². The fourth-order valence-electron chi connectivity index (χ4n) is 13.1. The molecule has 0 saturated heterocycles. The number of aromatic nitrogens is 2. The Balaban J connectivity index is 1.13. The van der Waals surface area contributed by atoms with Gasteiger partial charge < -0.3 is 0 Å². The van der Waals surface area contributed by atoms with Crippen molar-refractivity contribution in [2.24, 2.45) is 11.8 Å². The number of hydrogen-bond acceptors (Lipinski definition) is 8. The zero-order valence-corrected chi connectivity index (χ0v) is 63.1. The molecule has 0 aliphatic heterocycles. The summed E-state index contributed by atoms with van der Waals surface area (Å²) in [6.07, 6.45) is 58.7. The quantitative estimate of drug-likeness (QED) is 0.0281. The van der Waals surface area contributed by atoms with Gasteiger partial charge in [-0.2, -0.15) is 0 Å². The molecule has 6 heterocycles. The van der Waals surface area contributed by atoms with Gasteiger partial charge in [-0.1, -0.05) is 285 Å². The van der Waals surface area contributed by atoms with Crippen LogP contribution in [0.1, 0.15) is 299 Å². The molecule has 7 aromatic rings. The van der Waals surface area contributed by atoms with Crippen LogP contribution in [0.4, 0.5) is 0 Å². The van der Waals surface area contributed by atoms with E-state index in [0.717, 1.165) is 11.8 Å². The van der Waals surface area contributed by atoms with E-state index in [9.17, 15) is 0 Å². The first-order chi connectivity index (χ1) is 41.6. The van der Waals surface area contributed by atoms with Crippen LogP contribution in [0.25, 0.3) is 61.1 Å².